The maximum Gasteiger partial charge on any atom is 0.165 e. The highest BCUT2D eigenvalue weighted by Crippen LogP contribution is 2.31. The Hall–Kier alpha value is -2.01. The summed E-state index contributed by atoms with van der Waals surface area (Å²) < 4.78 is 18.8. The van der Waals surface area contributed by atoms with E-state index in [2.05, 4.69) is 10.4 Å². The van der Waals surface area contributed by atoms with Crippen molar-refractivity contribution >= 4 is 5.70 Å². The minimum absolute atomic E-state index is 0.250. The van der Waals surface area contributed by atoms with Gasteiger partial charge in [-0.3, -0.25) is 10.4 Å². The Morgan fingerprint density at radius 3 is 2.86 bits per heavy atom. The summed E-state index contributed by atoms with van der Waals surface area (Å²) in [6.07, 6.45) is 6.55. The van der Waals surface area contributed by atoms with E-state index in [0.29, 0.717) is 6.54 Å². The van der Waals surface area contributed by atoms with Crippen LogP contribution in [0.15, 0.2) is 36.0 Å². The van der Waals surface area contributed by atoms with Gasteiger partial charge in [-0.15, -0.1) is 0 Å². The van der Waals surface area contributed by atoms with Crippen molar-refractivity contribution in [2.75, 3.05) is 20.2 Å². The second-order valence-corrected chi connectivity index (χ2v) is 5.52. The first-order valence-electron chi connectivity index (χ1n) is 7.19. The lowest BCUT2D eigenvalue weighted by Gasteiger charge is -2.29. The van der Waals surface area contributed by atoms with Gasteiger partial charge in [-0.25, -0.2) is 4.39 Å². The molecule has 1 fully saturated rings. The molecule has 0 bridgehead atoms. The lowest BCUT2D eigenvalue weighted by Crippen LogP contribution is -2.37. The van der Waals surface area contributed by atoms with Gasteiger partial charge in [-0.05, 0) is 48.6 Å². The zero-order valence-electron chi connectivity index (χ0n) is 12.1. The highest BCUT2D eigenvalue weighted by Gasteiger charge is 2.25. The fourth-order valence-electron chi connectivity index (χ4n) is 2.41. The van der Waals surface area contributed by atoms with E-state index in [9.17, 15) is 4.39 Å². The number of nitrogens with zero attached hydrogens (tertiary/aromatic N) is 1. The van der Waals surface area contributed by atoms with Gasteiger partial charge < -0.3 is 10.5 Å². The predicted octanol–water partition coefficient (Wildman–Crippen LogP) is 2.25. The van der Waals surface area contributed by atoms with Crippen molar-refractivity contribution < 1.29 is 9.13 Å². The van der Waals surface area contributed by atoms with E-state index < -0.39 is 0 Å². The lowest BCUT2D eigenvalue weighted by atomic mass is 10.1. The van der Waals surface area contributed by atoms with Gasteiger partial charge in [-0.2, -0.15) is 0 Å². The summed E-state index contributed by atoms with van der Waals surface area (Å²) in [7, 11) is 1.46. The maximum atomic E-state index is 13.9. The van der Waals surface area contributed by atoms with Crippen molar-refractivity contribution in [3.63, 3.8) is 0 Å². The molecule has 0 aromatic heterocycles. The summed E-state index contributed by atoms with van der Waals surface area (Å²) in [5.41, 5.74) is 11.8. The van der Waals surface area contributed by atoms with Gasteiger partial charge in [0, 0.05) is 24.9 Å². The van der Waals surface area contributed by atoms with Crippen molar-refractivity contribution in [1.29, 1.82) is 0 Å². The molecular formula is C16H20FN3O. The molecule has 1 saturated carbocycles. The number of rotatable bonds is 5. The molecule has 0 radical (unpaired) electrons. The molecule has 0 atom stereocenters. The average molecular weight is 289 g/mol. The SMILES string of the molecule is COc1ccc(C2=CC(CN)=CN(CC3CC3)N2)cc1F. The first-order valence-corrected chi connectivity index (χ1v) is 7.19. The highest BCUT2D eigenvalue weighted by atomic mass is 19.1. The Labute approximate surface area is 124 Å². The van der Waals surface area contributed by atoms with Crippen LogP contribution in [-0.2, 0) is 0 Å². The third-order valence-electron chi connectivity index (χ3n) is 3.77. The molecule has 5 heteroatoms. The molecule has 1 aliphatic carbocycles. The molecule has 0 amide bonds. The molecule has 1 aliphatic heterocycles. The van der Waals surface area contributed by atoms with Crippen molar-refractivity contribution in [1.82, 2.24) is 10.4 Å². The van der Waals surface area contributed by atoms with Crippen LogP contribution in [0.2, 0.25) is 0 Å². The minimum atomic E-state index is -0.365. The summed E-state index contributed by atoms with van der Waals surface area (Å²) in [4.78, 5) is 0. The van der Waals surface area contributed by atoms with Gasteiger partial charge in [0.05, 0.1) is 12.8 Å². The fraction of sp³-hybridized carbons (Fsp3) is 0.375. The molecule has 2 aliphatic rings. The molecule has 1 aromatic rings. The fourth-order valence-corrected chi connectivity index (χ4v) is 2.41. The molecule has 1 heterocycles. The molecule has 0 spiro atoms. The van der Waals surface area contributed by atoms with E-state index in [1.807, 2.05) is 18.3 Å². The first kappa shape index (κ1) is 13.9. The zero-order valence-corrected chi connectivity index (χ0v) is 12.1. The van der Waals surface area contributed by atoms with Gasteiger partial charge in [0.15, 0.2) is 11.6 Å². The molecule has 0 saturated heterocycles. The summed E-state index contributed by atoms with van der Waals surface area (Å²) >= 11 is 0. The normalized spacial score (nSPS) is 18.0. The van der Waals surface area contributed by atoms with Gasteiger partial charge in [0.2, 0.25) is 0 Å². The maximum absolute atomic E-state index is 13.9. The number of benzene rings is 1. The van der Waals surface area contributed by atoms with Crippen LogP contribution in [0.5, 0.6) is 5.75 Å². The summed E-state index contributed by atoms with van der Waals surface area (Å²) in [6.45, 7) is 1.42. The van der Waals surface area contributed by atoms with E-state index in [4.69, 9.17) is 10.5 Å². The van der Waals surface area contributed by atoms with Gasteiger partial charge in [0.1, 0.15) is 0 Å². The third kappa shape index (κ3) is 3.19. The molecule has 1 aromatic carbocycles. The van der Waals surface area contributed by atoms with Crippen LogP contribution in [0.1, 0.15) is 18.4 Å². The number of hydrogen-bond donors (Lipinski definition) is 2. The summed E-state index contributed by atoms with van der Waals surface area (Å²) in [5.74, 6) is 0.634. The second-order valence-electron chi connectivity index (χ2n) is 5.52. The molecule has 112 valence electrons. The quantitative estimate of drug-likeness (QED) is 0.873. The van der Waals surface area contributed by atoms with Crippen molar-refractivity contribution in [2.45, 2.75) is 12.8 Å². The second kappa shape index (κ2) is 5.77. The zero-order chi connectivity index (χ0) is 14.8. The number of ether oxygens (including phenoxy) is 1. The monoisotopic (exact) mass is 289 g/mol. The topological polar surface area (TPSA) is 50.5 Å². The van der Waals surface area contributed by atoms with Crippen LogP contribution in [0, 0.1) is 11.7 Å². The Morgan fingerprint density at radius 2 is 2.24 bits per heavy atom. The third-order valence-corrected chi connectivity index (χ3v) is 3.77. The molecule has 3 N–H and O–H groups in total. The Kier molecular flexibility index (Phi) is 3.84. The highest BCUT2D eigenvalue weighted by molar-refractivity contribution is 5.68. The van der Waals surface area contributed by atoms with E-state index in [0.717, 1.165) is 29.3 Å². The van der Waals surface area contributed by atoms with Crippen LogP contribution >= 0.6 is 0 Å². The van der Waals surface area contributed by atoms with Crippen LogP contribution in [-0.4, -0.2) is 25.2 Å². The molecule has 4 nitrogen and oxygen atoms in total. The Bertz CT molecular complexity index is 593. The number of hydrogen-bond acceptors (Lipinski definition) is 4. The first-order chi connectivity index (χ1) is 10.2. The van der Waals surface area contributed by atoms with Crippen molar-refractivity contribution in [3.05, 3.63) is 47.4 Å². The summed E-state index contributed by atoms with van der Waals surface area (Å²) in [5, 5.41) is 2.05. The van der Waals surface area contributed by atoms with Gasteiger partial charge in [0.25, 0.3) is 0 Å². The Morgan fingerprint density at radius 1 is 1.43 bits per heavy atom. The largest absolute Gasteiger partial charge is 0.494 e. The predicted molar refractivity (Wildman–Crippen MR) is 80.6 cm³/mol. The number of hydrazine groups is 1. The molecule has 21 heavy (non-hydrogen) atoms. The number of methoxy groups -OCH3 is 1. The van der Waals surface area contributed by atoms with Crippen molar-refractivity contribution in [2.24, 2.45) is 11.7 Å². The van der Waals surface area contributed by atoms with E-state index in [1.165, 1.54) is 26.0 Å². The summed E-state index contributed by atoms with van der Waals surface area (Å²) in [6, 6.07) is 4.96. The van der Waals surface area contributed by atoms with Crippen LogP contribution in [0.25, 0.3) is 5.70 Å². The van der Waals surface area contributed by atoms with Crippen LogP contribution < -0.4 is 15.9 Å². The minimum Gasteiger partial charge on any atom is -0.494 e. The number of nitrogens with two attached hydrogens (primary N) is 1. The molecular weight excluding hydrogens is 269 g/mol. The number of nitrogens with one attached hydrogen (secondary N) is 1. The van der Waals surface area contributed by atoms with E-state index in [1.54, 1.807) is 6.07 Å². The average Bonchev–Trinajstić information content (AvgIpc) is 3.30. The van der Waals surface area contributed by atoms with Crippen LogP contribution in [0.3, 0.4) is 0 Å². The molecule has 3 rings (SSSR count). The van der Waals surface area contributed by atoms with Gasteiger partial charge >= 0.3 is 0 Å². The van der Waals surface area contributed by atoms with E-state index >= 15 is 0 Å². The van der Waals surface area contributed by atoms with Crippen molar-refractivity contribution in [3.8, 4) is 5.75 Å². The van der Waals surface area contributed by atoms with E-state index in [-0.39, 0.29) is 11.6 Å². The lowest BCUT2D eigenvalue weighted by molar-refractivity contribution is 0.305. The van der Waals surface area contributed by atoms with Crippen LogP contribution in [0.4, 0.5) is 4.39 Å². The molecule has 0 unspecified atom stereocenters. The number of halogens is 1. The smallest absolute Gasteiger partial charge is 0.165 e. The van der Waals surface area contributed by atoms with Gasteiger partial charge in [-0.1, -0.05) is 0 Å². The Balaban J connectivity index is 1.84. The standard InChI is InChI=1S/C16H20FN3O/c1-21-16-5-4-13(7-14(16)17)15-6-12(8-18)10-20(19-15)9-11-2-3-11/h4-7,10-11,19H,2-3,8-9,18H2,1H3.